The molecule has 14 atom stereocenters. The van der Waals surface area contributed by atoms with Gasteiger partial charge in [0.15, 0.2) is 0 Å². The lowest BCUT2D eigenvalue weighted by molar-refractivity contribution is -0.160. The van der Waals surface area contributed by atoms with E-state index >= 15 is 0 Å². The molecule has 0 aromatic rings. The minimum absolute atomic E-state index is 0.0329. The molecule has 2 aliphatic heterocycles. The minimum atomic E-state index is -0.580. The Bertz CT molecular complexity index is 1010. The molecule has 7 rings (SSSR count). The highest BCUT2D eigenvalue weighted by Crippen LogP contribution is 2.70. The molecular weight excluding hydrogens is 476 g/mol. The van der Waals surface area contributed by atoms with E-state index in [1.807, 2.05) is 0 Å². The number of ketones is 1. The third-order valence-corrected chi connectivity index (χ3v) is 13.9. The largest absolute Gasteiger partial charge is 0.394 e. The first kappa shape index (κ1) is 26.2. The van der Waals surface area contributed by atoms with Crippen LogP contribution in [-0.4, -0.2) is 53.1 Å². The number of carbonyl (C=O) groups is 1. The van der Waals surface area contributed by atoms with E-state index in [4.69, 9.17) is 9.47 Å². The highest BCUT2D eigenvalue weighted by Gasteiger charge is 2.64. The van der Waals surface area contributed by atoms with Gasteiger partial charge in [-0.05, 0) is 104 Å². The molecule has 5 heteroatoms. The van der Waals surface area contributed by atoms with Crippen molar-refractivity contribution in [2.24, 2.45) is 51.8 Å². The number of allylic oxidation sites excluding steroid dienone is 2. The summed E-state index contributed by atoms with van der Waals surface area (Å²) in [4.78, 5) is 12.7. The molecule has 38 heavy (non-hydrogen) atoms. The van der Waals surface area contributed by atoms with Crippen molar-refractivity contribution in [1.82, 2.24) is 0 Å². The molecule has 7 aliphatic rings. The maximum Gasteiger partial charge on any atom is 0.136 e. The first-order valence-corrected chi connectivity index (χ1v) is 15.9. The van der Waals surface area contributed by atoms with Crippen LogP contribution in [0.25, 0.3) is 0 Å². The maximum absolute atomic E-state index is 12.7. The van der Waals surface area contributed by atoms with Crippen LogP contribution in [0.1, 0.15) is 98.3 Å². The second kappa shape index (κ2) is 8.87. The van der Waals surface area contributed by atoms with Crippen molar-refractivity contribution in [3.05, 3.63) is 11.6 Å². The molecule has 0 spiro atoms. The Hall–Kier alpha value is -0.750. The Labute approximate surface area is 229 Å². The third-order valence-electron chi connectivity index (χ3n) is 13.9. The van der Waals surface area contributed by atoms with E-state index in [2.05, 4.69) is 33.8 Å². The standard InChI is InChI=1S/C33H50O5/c1-18-7-13-33(16-25-28(36)30-29(38-30)26(17-34)37-25)14-9-22-20(23(33)15-18)5-6-27-31(3)12-10-24(35)19(2)21(31)8-11-32(22,27)4/h5,18-19,21-23,25-30,34,36H,6-17H2,1-4H3. The van der Waals surface area contributed by atoms with Crippen molar-refractivity contribution in [1.29, 1.82) is 0 Å². The van der Waals surface area contributed by atoms with Crippen molar-refractivity contribution < 1.29 is 24.5 Å². The zero-order valence-electron chi connectivity index (χ0n) is 24.0. The van der Waals surface area contributed by atoms with Crippen LogP contribution in [-0.2, 0) is 14.3 Å². The highest BCUT2D eigenvalue weighted by atomic mass is 16.7. The summed E-state index contributed by atoms with van der Waals surface area (Å²) in [6, 6.07) is 0. The average molecular weight is 527 g/mol. The van der Waals surface area contributed by atoms with Crippen LogP contribution in [0.3, 0.4) is 0 Å². The topological polar surface area (TPSA) is 79.3 Å². The lowest BCUT2D eigenvalue weighted by atomic mass is 9.38. The SMILES string of the molecule is CC1CCC2(CC3OC(CO)C4OC4C3O)CCC3C(=CCC4C3(C)CCC3C(C)C(=O)CCC34C)C2C1. The Morgan fingerprint density at radius 2 is 1.74 bits per heavy atom. The number of fused-ring (bicyclic) bond motifs is 8. The Kier molecular flexibility index (Phi) is 6.11. The summed E-state index contributed by atoms with van der Waals surface area (Å²) in [6.45, 7) is 9.79. The monoisotopic (exact) mass is 526 g/mol. The summed E-state index contributed by atoms with van der Waals surface area (Å²) >= 11 is 0. The van der Waals surface area contributed by atoms with E-state index < -0.39 is 6.10 Å². The summed E-state index contributed by atoms with van der Waals surface area (Å²) in [7, 11) is 0. The number of Topliss-reactive ketones (excluding diaryl/α,β-unsaturated/α-hetero) is 1. The average Bonchev–Trinajstić information content (AvgIpc) is 3.70. The van der Waals surface area contributed by atoms with Crippen LogP contribution in [0.4, 0.5) is 0 Å². The van der Waals surface area contributed by atoms with Gasteiger partial charge >= 0.3 is 0 Å². The van der Waals surface area contributed by atoms with Crippen molar-refractivity contribution in [2.45, 2.75) is 129 Å². The van der Waals surface area contributed by atoms with Crippen LogP contribution in [0.15, 0.2) is 11.6 Å². The van der Waals surface area contributed by atoms with E-state index in [0.717, 1.165) is 25.2 Å². The fourth-order valence-electron chi connectivity index (χ4n) is 11.7. The molecule has 0 bridgehead atoms. The summed E-state index contributed by atoms with van der Waals surface area (Å²) in [5.41, 5.74) is 2.52. The van der Waals surface area contributed by atoms with Gasteiger partial charge in [0.1, 0.15) is 30.2 Å². The molecule has 6 fully saturated rings. The molecule has 2 saturated heterocycles. The lowest BCUT2D eigenvalue weighted by Gasteiger charge is -2.66. The Morgan fingerprint density at radius 3 is 2.53 bits per heavy atom. The highest BCUT2D eigenvalue weighted by molar-refractivity contribution is 5.82. The molecular formula is C33H50O5. The van der Waals surface area contributed by atoms with Crippen LogP contribution in [0, 0.1) is 51.8 Å². The quantitative estimate of drug-likeness (QED) is 0.377. The van der Waals surface area contributed by atoms with E-state index in [1.54, 1.807) is 5.57 Å². The molecule has 5 aliphatic carbocycles. The van der Waals surface area contributed by atoms with Crippen LogP contribution < -0.4 is 0 Å². The van der Waals surface area contributed by atoms with E-state index in [1.165, 1.54) is 51.4 Å². The van der Waals surface area contributed by atoms with Gasteiger partial charge in [0.25, 0.3) is 0 Å². The van der Waals surface area contributed by atoms with Gasteiger partial charge in [0.05, 0.1) is 12.7 Å². The smallest absolute Gasteiger partial charge is 0.136 e. The van der Waals surface area contributed by atoms with Crippen molar-refractivity contribution in [3.8, 4) is 0 Å². The Balaban J connectivity index is 1.20. The molecule has 0 aromatic heterocycles. The molecule has 2 heterocycles. The molecule has 14 unspecified atom stereocenters. The minimum Gasteiger partial charge on any atom is -0.394 e. The van der Waals surface area contributed by atoms with Gasteiger partial charge in [-0.3, -0.25) is 4.79 Å². The van der Waals surface area contributed by atoms with Crippen LogP contribution in [0.5, 0.6) is 0 Å². The van der Waals surface area contributed by atoms with E-state index in [9.17, 15) is 15.0 Å². The molecule has 0 aromatic carbocycles. The number of carbonyl (C=O) groups excluding carboxylic acids is 1. The molecule has 4 saturated carbocycles. The molecule has 2 N–H and O–H groups in total. The summed E-state index contributed by atoms with van der Waals surface area (Å²) in [5.74, 6) is 3.89. The van der Waals surface area contributed by atoms with E-state index in [-0.39, 0.29) is 47.8 Å². The van der Waals surface area contributed by atoms with Crippen molar-refractivity contribution in [2.75, 3.05) is 6.61 Å². The van der Waals surface area contributed by atoms with Gasteiger partial charge in [-0.15, -0.1) is 0 Å². The number of ether oxygens (including phenoxy) is 2. The summed E-state index contributed by atoms with van der Waals surface area (Å²) in [6.07, 6.45) is 13.8. The molecule has 5 nitrogen and oxygen atoms in total. The number of aliphatic hydroxyl groups excluding tert-OH is 2. The second-order valence-electron chi connectivity index (χ2n) is 15.4. The van der Waals surface area contributed by atoms with Crippen molar-refractivity contribution in [3.63, 3.8) is 0 Å². The third kappa shape index (κ3) is 3.59. The van der Waals surface area contributed by atoms with Crippen LogP contribution in [0.2, 0.25) is 0 Å². The Morgan fingerprint density at radius 1 is 0.947 bits per heavy atom. The lowest BCUT2D eigenvalue weighted by Crippen LogP contribution is -2.59. The van der Waals surface area contributed by atoms with Crippen LogP contribution >= 0.6 is 0 Å². The van der Waals surface area contributed by atoms with Gasteiger partial charge in [0.2, 0.25) is 0 Å². The second-order valence-corrected chi connectivity index (χ2v) is 15.4. The zero-order valence-corrected chi connectivity index (χ0v) is 24.0. The molecule has 0 radical (unpaired) electrons. The van der Waals surface area contributed by atoms with E-state index in [0.29, 0.717) is 34.9 Å². The molecule has 0 amide bonds. The number of rotatable bonds is 3. The first-order valence-electron chi connectivity index (χ1n) is 15.9. The predicted molar refractivity (Wildman–Crippen MR) is 145 cm³/mol. The number of aliphatic hydroxyl groups is 2. The molecule has 212 valence electrons. The van der Waals surface area contributed by atoms with Gasteiger partial charge < -0.3 is 19.7 Å². The van der Waals surface area contributed by atoms with Gasteiger partial charge in [0, 0.05) is 12.3 Å². The normalized spacial score (nSPS) is 57.5. The van der Waals surface area contributed by atoms with Gasteiger partial charge in [-0.1, -0.05) is 45.8 Å². The zero-order chi connectivity index (χ0) is 26.6. The van der Waals surface area contributed by atoms with Gasteiger partial charge in [-0.25, -0.2) is 0 Å². The number of hydrogen-bond donors (Lipinski definition) is 2. The first-order chi connectivity index (χ1) is 18.1. The number of epoxide rings is 1. The fourth-order valence-corrected chi connectivity index (χ4v) is 11.7. The number of hydrogen-bond acceptors (Lipinski definition) is 5. The fraction of sp³-hybridized carbons (Fsp3) is 0.909. The summed E-state index contributed by atoms with van der Waals surface area (Å²) < 4.78 is 12.1. The van der Waals surface area contributed by atoms with Gasteiger partial charge in [-0.2, -0.15) is 0 Å². The maximum atomic E-state index is 12.7. The van der Waals surface area contributed by atoms with Crippen molar-refractivity contribution >= 4 is 5.78 Å². The predicted octanol–water partition coefficient (Wildman–Crippen LogP) is 5.47. The summed E-state index contributed by atoms with van der Waals surface area (Å²) in [5, 5.41) is 21.0.